The van der Waals surface area contributed by atoms with Gasteiger partial charge in [-0.25, -0.2) is 0 Å². The average Bonchev–Trinajstić information content (AvgIpc) is 2.27. The lowest BCUT2D eigenvalue weighted by Crippen LogP contribution is -2.51. The van der Waals surface area contributed by atoms with Gasteiger partial charge in [-0.1, -0.05) is 25.4 Å². The van der Waals surface area contributed by atoms with Crippen LogP contribution in [-0.4, -0.2) is 0 Å². The highest BCUT2D eigenvalue weighted by Gasteiger charge is 2.57. The van der Waals surface area contributed by atoms with Gasteiger partial charge >= 0.3 is 0 Å². The van der Waals surface area contributed by atoms with Crippen LogP contribution in [0, 0.1) is 34.0 Å². The smallest absolute Gasteiger partial charge is 0.0959 e. The summed E-state index contributed by atoms with van der Waals surface area (Å²) in [5, 5.41) is 10.2. The normalized spacial score (nSPS) is 46.8. The van der Waals surface area contributed by atoms with E-state index < -0.39 is 0 Å². The van der Waals surface area contributed by atoms with Crippen molar-refractivity contribution in [3.05, 3.63) is 10.6 Å². The fourth-order valence-corrected chi connectivity index (χ4v) is 5.98. The first-order chi connectivity index (χ1) is 8.50. The summed E-state index contributed by atoms with van der Waals surface area (Å²) in [7, 11) is 0. The molecule has 4 saturated carbocycles. The number of hydrogen-bond acceptors (Lipinski definition) is 1. The van der Waals surface area contributed by atoms with E-state index in [1.807, 2.05) is 6.92 Å². The molecule has 4 rings (SSSR count). The Balaban J connectivity index is 2.01. The fraction of sp³-hybridized carbons (Fsp3) is 0.812. The van der Waals surface area contributed by atoms with E-state index in [1.165, 1.54) is 38.5 Å². The maximum absolute atomic E-state index is 9.27. The minimum Gasteiger partial charge on any atom is -0.193 e. The van der Waals surface area contributed by atoms with Crippen molar-refractivity contribution >= 4 is 11.6 Å². The summed E-state index contributed by atoms with van der Waals surface area (Å²) in [6.07, 6.45) is 8.68. The van der Waals surface area contributed by atoms with Crippen molar-refractivity contribution in [3.63, 3.8) is 0 Å². The second-order valence-corrected chi connectivity index (χ2v) is 7.69. The Kier molecular flexibility index (Phi) is 2.79. The molecule has 0 aliphatic heterocycles. The molecule has 98 valence electrons. The molecule has 0 aromatic carbocycles. The first-order valence-corrected chi connectivity index (χ1v) is 7.67. The Morgan fingerprint density at radius 1 is 1.28 bits per heavy atom. The first kappa shape index (κ1) is 12.5. The molecular formula is C16H22ClN. The molecule has 0 spiro atoms. The van der Waals surface area contributed by atoms with Crippen molar-refractivity contribution in [2.45, 2.75) is 58.8 Å². The van der Waals surface area contributed by atoms with Crippen LogP contribution in [-0.2, 0) is 0 Å². The average molecular weight is 264 g/mol. The molecule has 4 bridgehead atoms. The third-order valence-electron chi connectivity index (χ3n) is 5.57. The first-order valence-electron chi connectivity index (χ1n) is 7.29. The predicted molar refractivity (Wildman–Crippen MR) is 74.0 cm³/mol. The summed E-state index contributed by atoms with van der Waals surface area (Å²) in [5.41, 5.74) is 1.50. The maximum atomic E-state index is 9.27. The highest BCUT2D eigenvalue weighted by Crippen LogP contribution is 2.68. The van der Waals surface area contributed by atoms with Crippen molar-refractivity contribution in [1.29, 1.82) is 5.26 Å². The molecule has 0 aromatic heterocycles. The maximum Gasteiger partial charge on any atom is 0.0959 e. The van der Waals surface area contributed by atoms with Crippen LogP contribution in [0.3, 0.4) is 0 Å². The van der Waals surface area contributed by atoms with E-state index in [9.17, 15) is 5.26 Å². The molecule has 1 nitrogen and oxygen atoms in total. The van der Waals surface area contributed by atoms with Crippen molar-refractivity contribution in [3.8, 4) is 6.07 Å². The van der Waals surface area contributed by atoms with Crippen LogP contribution in [0.5, 0.6) is 0 Å². The molecule has 0 heterocycles. The number of rotatable bonds is 2. The quantitative estimate of drug-likeness (QED) is 0.642. The van der Waals surface area contributed by atoms with E-state index in [0.29, 0.717) is 5.41 Å². The fourth-order valence-electron chi connectivity index (χ4n) is 5.58. The summed E-state index contributed by atoms with van der Waals surface area (Å²) < 4.78 is 0. The van der Waals surface area contributed by atoms with Gasteiger partial charge in [-0.05, 0) is 62.2 Å². The Hall–Kier alpha value is -0.480. The van der Waals surface area contributed by atoms with Crippen molar-refractivity contribution in [2.24, 2.45) is 22.7 Å². The Morgan fingerprint density at radius 2 is 1.89 bits per heavy atom. The largest absolute Gasteiger partial charge is 0.193 e. The SMILES string of the molecule is CCC(C#N)=C(Cl)C12CC3CC(CC(C)(C3)C1)C2. The van der Waals surface area contributed by atoms with Gasteiger partial charge in [0.25, 0.3) is 0 Å². The van der Waals surface area contributed by atoms with E-state index in [0.717, 1.165) is 28.9 Å². The van der Waals surface area contributed by atoms with E-state index in [1.54, 1.807) is 0 Å². The summed E-state index contributed by atoms with van der Waals surface area (Å²) >= 11 is 6.69. The standard InChI is InChI=1S/C16H22ClN/c1-3-13(9-18)14(17)16-7-11-4-12(8-16)6-15(2,5-11)10-16/h11-12H,3-8,10H2,1-2H3. The molecule has 0 aromatic rings. The number of halogens is 1. The van der Waals surface area contributed by atoms with Gasteiger partial charge in [0.05, 0.1) is 6.07 Å². The third kappa shape index (κ3) is 1.73. The Morgan fingerprint density at radius 3 is 2.33 bits per heavy atom. The second kappa shape index (κ2) is 4.01. The lowest BCUT2D eigenvalue weighted by molar-refractivity contribution is -0.0800. The monoisotopic (exact) mass is 263 g/mol. The molecule has 18 heavy (non-hydrogen) atoms. The Labute approximate surface area is 115 Å². The third-order valence-corrected chi connectivity index (χ3v) is 6.20. The summed E-state index contributed by atoms with van der Waals surface area (Å²) in [4.78, 5) is 0. The molecule has 0 saturated heterocycles. The highest BCUT2D eigenvalue weighted by atomic mass is 35.5. The van der Waals surface area contributed by atoms with Gasteiger partial charge in [-0.3, -0.25) is 0 Å². The van der Waals surface area contributed by atoms with Gasteiger partial charge in [0, 0.05) is 16.0 Å². The lowest BCUT2D eigenvalue weighted by atomic mass is 9.44. The lowest BCUT2D eigenvalue weighted by Gasteiger charge is -2.61. The van der Waals surface area contributed by atoms with Crippen LogP contribution >= 0.6 is 11.6 Å². The van der Waals surface area contributed by atoms with Crippen LogP contribution in [0.4, 0.5) is 0 Å². The van der Waals surface area contributed by atoms with Gasteiger partial charge in [0.15, 0.2) is 0 Å². The van der Waals surface area contributed by atoms with Crippen LogP contribution < -0.4 is 0 Å². The van der Waals surface area contributed by atoms with E-state index in [4.69, 9.17) is 11.6 Å². The number of hydrogen-bond donors (Lipinski definition) is 0. The van der Waals surface area contributed by atoms with Crippen molar-refractivity contribution < 1.29 is 0 Å². The zero-order chi connectivity index (χ0) is 13.0. The molecule has 2 atom stereocenters. The van der Waals surface area contributed by atoms with E-state index >= 15 is 0 Å². The molecular weight excluding hydrogens is 242 g/mol. The van der Waals surface area contributed by atoms with E-state index in [-0.39, 0.29) is 5.41 Å². The zero-order valence-corrected chi connectivity index (χ0v) is 12.2. The van der Waals surface area contributed by atoms with Gasteiger partial charge in [0.1, 0.15) is 0 Å². The van der Waals surface area contributed by atoms with Gasteiger partial charge in [-0.2, -0.15) is 5.26 Å². The van der Waals surface area contributed by atoms with Crippen LogP contribution in [0.2, 0.25) is 0 Å². The highest BCUT2D eigenvalue weighted by molar-refractivity contribution is 6.31. The number of allylic oxidation sites excluding steroid dienone is 2. The molecule has 4 aliphatic carbocycles. The molecule has 0 amide bonds. The van der Waals surface area contributed by atoms with Crippen molar-refractivity contribution in [1.82, 2.24) is 0 Å². The molecule has 2 heteroatoms. The molecule has 0 N–H and O–H groups in total. The summed E-state index contributed by atoms with van der Waals surface area (Å²) in [6, 6.07) is 2.34. The number of nitrogens with zero attached hydrogens (tertiary/aromatic N) is 1. The topological polar surface area (TPSA) is 23.8 Å². The van der Waals surface area contributed by atoms with Gasteiger partial charge in [-0.15, -0.1) is 0 Å². The number of nitriles is 1. The van der Waals surface area contributed by atoms with Gasteiger partial charge in [0.2, 0.25) is 0 Å². The summed E-state index contributed by atoms with van der Waals surface area (Å²) in [5.74, 6) is 1.73. The van der Waals surface area contributed by atoms with E-state index in [2.05, 4.69) is 13.0 Å². The molecule has 0 radical (unpaired) electrons. The molecule has 2 unspecified atom stereocenters. The molecule has 4 fully saturated rings. The minimum atomic E-state index is 0.168. The van der Waals surface area contributed by atoms with Crippen LogP contribution in [0.15, 0.2) is 10.6 Å². The van der Waals surface area contributed by atoms with Crippen LogP contribution in [0.25, 0.3) is 0 Å². The predicted octanol–water partition coefficient (Wildman–Crippen LogP) is 5.02. The minimum absolute atomic E-state index is 0.168. The molecule has 4 aliphatic rings. The van der Waals surface area contributed by atoms with Crippen molar-refractivity contribution in [2.75, 3.05) is 0 Å². The van der Waals surface area contributed by atoms with Gasteiger partial charge < -0.3 is 0 Å². The summed E-state index contributed by atoms with van der Waals surface area (Å²) in [6.45, 7) is 4.49. The Bertz CT molecular complexity index is 429. The van der Waals surface area contributed by atoms with Crippen LogP contribution in [0.1, 0.15) is 58.8 Å². The zero-order valence-electron chi connectivity index (χ0n) is 11.4. The second-order valence-electron chi connectivity index (χ2n) is 7.31.